The van der Waals surface area contributed by atoms with E-state index in [0.29, 0.717) is 29.4 Å². The molecule has 0 bridgehead atoms. The van der Waals surface area contributed by atoms with Crippen LogP contribution in [0.2, 0.25) is 10.0 Å². The van der Waals surface area contributed by atoms with Crippen molar-refractivity contribution < 1.29 is 22.7 Å². The molecule has 0 aliphatic heterocycles. The van der Waals surface area contributed by atoms with Crippen molar-refractivity contribution in [1.82, 2.24) is 10.2 Å². The number of amides is 2. The molecule has 2 rings (SSSR count). The third-order valence-electron chi connectivity index (χ3n) is 5.91. The summed E-state index contributed by atoms with van der Waals surface area (Å²) in [5.41, 5.74) is 1.21. The Bertz CT molecular complexity index is 1190. The predicted molar refractivity (Wildman–Crippen MR) is 153 cm³/mol. The number of halogens is 2. The van der Waals surface area contributed by atoms with E-state index >= 15 is 0 Å². The van der Waals surface area contributed by atoms with Gasteiger partial charge in [-0.1, -0.05) is 56.1 Å². The number of nitrogens with zero attached hydrogens (tertiary/aromatic N) is 2. The van der Waals surface area contributed by atoms with Gasteiger partial charge in [-0.2, -0.15) is 0 Å². The minimum atomic E-state index is -3.64. The van der Waals surface area contributed by atoms with Gasteiger partial charge in [0.25, 0.3) is 0 Å². The van der Waals surface area contributed by atoms with Crippen molar-refractivity contribution in [2.45, 2.75) is 52.6 Å². The Labute approximate surface area is 236 Å². The Kier molecular flexibility index (Phi) is 12.2. The van der Waals surface area contributed by atoms with Crippen LogP contribution in [0, 0.1) is 5.92 Å². The van der Waals surface area contributed by atoms with E-state index in [4.69, 9.17) is 27.9 Å². The molecule has 2 amide bonds. The molecule has 2 aromatic rings. The highest BCUT2D eigenvalue weighted by Gasteiger charge is 2.29. The lowest BCUT2D eigenvalue weighted by atomic mass is 10.1. The van der Waals surface area contributed by atoms with Crippen molar-refractivity contribution in [2.75, 3.05) is 30.8 Å². The minimum absolute atomic E-state index is 0.0530. The van der Waals surface area contributed by atoms with Crippen molar-refractivity contribution in [1.29, 1.82) is 0 Å². The fraction of sp³-hybridized carbons (Fsp3) is 0.481. The third kappa shape index (κ3) is 9.36. The summed E-state index contributed by atoms with van der Waals surface area (Å²) in [5.74, 6) is 0.241. The minimum Gasteiger partial charge on any atom is -0.495 e. The first-order chi connectivity index (χ1) is 17.9. The molecule has 1 unspecified atom stereocenters. The average Bonchev–Trinajstić information content (AvgIpc) is 2.85. The summed E-state index contributed by atoms with van der Waals surface area (Å²) in [5, 5.41) is 3.79. The van der Waals surface area contributed by atoms with Gasteiger partial charge in [-0.15, -0.1) is 0 Å². The van der Waals surface area contributed by atoms with Gasteiger partial charge in [0.1, 0.15) is 11.8 Å². The summed E-state index contributed by atoms with van der Waals surface area (Å²) in [7, 11) is -2.17. The Morgan fingerprint density at radius 3 is 2.26 bits per heavy atom. The fourth-order valence-electron chi connectivity index (χ4n) is 3.94. The Morgan fingerprint density at radius 2 is 1.74 bits per heavy atom. The van der Waals surface area contributed by atoms with Crippen molar-refractivity contribution in [3.8, 4) is 5.75 Å². The van der Waals surface area contributed by atoms with Gasteiger partial charge in [-0.25, -0.2) is 8.42 Å². The van der Waals surface area contributed by atoms with E-state index in [1.165, 1.54) is 17.5 Å². The van der Waals surface area contributed by atoms with E-state index in [-0.39, 0.29) is 48.7 Å². The van der Waals surface area contributed by atoms with Crippen LogP contribution in [0.25, 0.3) is 0 Å². The van der Waals surface area contributed by atoms with E-state index in [1.54, 1.807) is 29.2 Å². The van der Waals surface area contributed by atoms with Crippen LogP contribution in [0.5, 0.6) is 5.75 Å². The molecule has 0 aromatic heterocycles. The summed E-state index contributed by atoms with van der Waals surface area (Å²) in [6.07, 6.45) is 1.84. The zero-order valence-corrected chi connectivity index (χ0v) is 24.9. The molecule has 1 atom stereocenters. The first-order valence-corrected chi connectivity index (χ1v) is 15.1. The zero-order valence-electron chi connectivity index (χ0n) is 22.5. The molecule has 0 fully saturated rings. The molecule has 2 aromatic carbocycles. The first kappa shape index (κ1) is 31.7. The van der Waals surface area contributed by atoms with Crippen molar-refractivity contribution in [3.63, 3.8) is 0 Å². The zero-order chi connectivity index (χ0) is 28.5. The van der Waals surface area contributed by atoms with Crippen LogP contribution in [0.1, 0.15) is 45.6 Å². The molecule has 0 heterocycles. The van der Waals surface area contributed by atoms with E-state index in [9.17, 15) is 18.0 Å². The third-order valence-corrected chi connectivity index (χ3v) is 7.65. The number of ether oxygens (including phenoxy) is 1. The molecular formula is C27H37Cl2N3O5S. The molecule has 0 aliphatic carbocycles. The maximum Gasteiger partial charge on any atom is 0.242 e. The lowest BCUT2D eigenvalue weighted by Crippen LogP contribution is -2.49. The second-order valence-corrected chi connectivity index (χ2v) is 12.2. The van der Waals surface area contributed by atoms with Crippen molar-refractivity contribution >= 4 is 50.7 Å². The van der Waals surface area contributed by atoms with Gasteiger partial charge >= 0.3 is 0 Å². The van der Waals surface area contributed by atoms with E-state index < -0.39 is 16.1 Å². The molecule has 0 aliphatic rings. The van der Waals surface area contributed by atoms with E-state index in [2.05, 4.69) is 5.32 Å². The van der Waals surface area contributed by atoms with Crippen LogP contribution < -0.4 is 14.4 Å². The van der Waals surface area contributed by atoms with E-state index in [0.717, 1.165) is 11.8 Å². The summed E-state index contributed by atoms with van der Waals surface area (Å²) < 4.78 is 31.4. The summed E-state index contributed by atoms with van der Waals surface area (Å²) >= 11 is 12.2. The Balaban J connectivity index is 2.22. The smallest absolute Gasteiger partial charge is 0.242 e. The number of anilines is 1. The number of rotatable bonds is 14. The molecule has 0 spiro atoms. The van der Waals surface area contributed by atoms with Gasteiger partial charge in [0.15, 0.2) is 0 Å². The average molecular weight is 587 g/mol. The van der Waals surface area contributed by atoms with Crippen LogP contribution in [-0.4, -0.2) is 57.6 Å². The summed E-state index contributed by atoms with van der Waals surface area (Å²) in [6.45, 7) is 6.67. The SMILES string of the molecule is CCC(C(=O)NCC(C)C)N(Cc1ccc(Cl)cc1)C(=O)CCCN(c1ccc(OC)c(Cl)c1)S(C)(=O)=O. The maximum atomic E-state index is 13.5. The van der Waals surface area contributed by atoms with Gasteiger partial charge in [-0.3, -0.25) is 13.9 Å². The number of carbonyl (C=O) groups excluding carboxylic acids is 2. The van der Waals surface area contributed by atoms with Crippen LogP contribution >= 0.6 is 23.2 Å². The second kappa shape index (κ2) is 14.6. The molecule has 210 valence electrons. The first-order valence-electron chi connectivity index (χ1n) is 12.5. The largest absolute Gasteiger partial charge is 0.495 e. The van der Waals surface area contributed by atoms with Crippen LogP contribution in [-0.2, 0) is 26.2 Å². The number of carbonyl (C=O) groups is 2. The molecule has 11 heteroatoms. The lowest BCUT2D eigenvalue weighted by Gasteiger charge is -2.31. The van der Waals surface area contributed by atoms with Gasteiger partial charge in [0, 0.05) is 31.1 Å². The number of hydrogen-bond donors (Lipinski definition) is 1. The monoisotopic (exact) mass is 585 g/mol. The van der Waals surface area contributed by atoms with Gasteiger partial charge in [0.2, 0.25) is 21.8 Å². The highest BCUT2D eigenvalue weighted by Crippen LogP contribution is 2.30. The molecule has 1 N–H and O–H groups in total. The van der Waals surface area contributed by atoms with Crippen LogP contribution in [0.3, 0.4) is 0 Å². The maximum absolute atomic E-state index is 13.5. The van der Waals surface area contributed by atoms with Crippen LogP contribution in [0.15, 0.2) is 42.5 Å². The van der Waals surface area contributed by atoms with Gasteiger partial charge in [-0.05, 0) is 54.7 Å². The normalized spacial score (nSPS) is 12.2. The second-order valence-electron chi connectivity index (χ2n) is 9.47. The van der Waals surface area contributed by atoms with Crippen LogP contribution in [0.4, 0.5) is 5.69 Å². The number of nitrogens with one attached hydrogen (secondary N) is 1. The Hall–Kier alpha value is -2.49. The quantitative estimate of drug-likeness (QED) is 0.331. The topological polar surface area (TPSA) is 96.0 Å². The highest BCUT2D eigenvalue weighted by molar-refractivity contribution is 7.92. The molecule has 8 nitrogen and oxygen atoms in total. The van der Waals surface area contributed by atoms with Gasteiger partial charge < -0.3 is 15.0 Å². The Morgan fingerprint density at radius 1 is 1.08 bits per heavy atom. The van der Waals surface area contributed by atoms with Crippen molar-refractivity contribution in [3.05, 3.63) is 58.1 Å². The summed E-state index contributed by atoms with van der Waals surface area (Å²) in [4.78, 5) is 28.1. The number of benzene rings is 2. The number of sulfonamides is 1. The molecule has 0 saturated heterocycles. The number of hydrogen-bond acceptors (Lipinski definition) is 5. The predicted octanol–water partition coefficient (Wildman–Crippen LogP) is 5.13. The highest BCUT2D eigenvalue weighted by atomic mass is 35.5. The lowest BCUT2D eigenvalue weighted by molar-refractivity contribution is -0.141. The van der Waals surface area contributed by atoms with E-state index in [1.807, 2.05) is 32.9 Å². The molecule has 0 radical (unpaired) electrons. The van der Waals surface area contributed by atoms with Crippen molar-refractivity contribution in [2.24, 2.45) is 5.92 Å². The van der Waals surface area contributed by atoms with Gasteiger partial charge in [0.05, 0.1) is 24.1 Å². The molecular weight excluding hydrogens is 549 g/mol. The fourth-order valence-corrected chi connectivity index (χ4v) is 5.28. The standard InChI is InChI=1S/C27H37Cl2N3O5S/c1-6-24(27(34)30-17-19(2)3)31(18-20-9-11-21(28)12-10-20)26(33)8-7-15-32(38(5,35)36)22-13-14-25(37-4)23(29)16-22/h9-14,16,19,24H,6-8,15,17-18H2,1-5H3,(H,30,34). The summed E-state index contributed by atoms with van der Waals surface area (Å²) in [6, 6.07) is 11.2. The number of methoxy groups -OCH3 is 1. The molecule has 38 heavy (non-hydrogen) atoms. The molecule has 0 saturated carbocycles.